The van der Waals surface area contributed by atoms with Gasteiger partial charge in [-0.3, -0.25) is 0 Å². The third-order valence-electron chi connectivity index (χ3n) is 3.83. The molecular weight excluding hydrogens is 377 g/mol. The minimum Gasteiger partial charge on any atom is -0.510 e. The molecule has 0 fully saturated rings. The zero-order valence-corrected chi connectivity index (χ0v) is 14.8. The number of aromatic nitrogens is 3. The first kappa shape index (κ1) is 18.8. The summed E-state index contributed by atoms with van der Waals surface area (Å²) in [5.41, 5.74) is 0.662. The standard InChI is InChI=1S/C18H13F3N4OS/c1-25-14-5-3-2-4-13(14)24-17(25)12(8-22)15(26)10-27-16-7-6-11(9-23-16)18(19,20)21/h2-7,9,26H,10H2,1H3. The van der Waals surface area contributed by atoms with Crippen LogP contribution in [-0.2, 0) is 13.2 Å². The highest BCUT2D eigenvalue weighted by molar-refractivity contribution is 7.99. The highest BCUT2D eigenvalue weighted by Crippen LogP contribution is 2.30. The first-order valence-electron chi connectivity index (χ1n) is 7.71. The summed E-state index contributed by atoms with van der Waals surface area (Å²) in [6.45, 7) is 0. The molecule has 0 saturated heterocycles. The van der Waals surface area contributed by atoms with E-state index >= 15 is 0 Å². The topological polar surface area (TPSA) is 74.7 Å². The van der Waals surface area contributed by atoms with E-state index in [1.54, 1.807) is 17.7 Å². The van der Waals surface area contributed by atoms with Crippen LogP contribution < -0.4 is 0 Å². The van der Waals surface area contributed by atoms with Crippen molar-refractivity contribution in [2.45, 2.75) is 11.2 Å². The van der Waals surface area contributed by atoms with Gasteiger partial charge in [-0.05, 0) is 24.3 Å². The Balaban J connectivity index is 1.83. The van der Waals surface area contributed by atoms with Gasteiger partial charge in [0.1, 0.15) is 17.4 Å². The van der Waals surface area contributed by atoms with Gasteiger partial charge < -0.3 is 9.67 Å². The highest BCUT2D eigenvalue weighted by atomic mass is 32.2. The van der Waals surface area contributed by atoms with Crippen molar-refractivity contribution in [3.8, 4) is 6.07 Å². The molecule has 0 aliphatic rings. The fourth-order valence-corrected chi connectivity index (χ4v) is 3.18. The van der Waals surface area contributed by atoms with Gasteiger partial charge in [0.15, 0.2) is 5.82 Å². The van der Waals surface area contributed by atoms with Gasteiger partial charge in [-0.15, -0.1) is 0 Å². The molecule has 0 atom stereocenters. The van der Waals surface area contributed by atoms with E-state index in [2.05, 4.69) is 9.97 Å². The molecule has 0 aliphatic carbocycles. The zero-order chi connectivity index (χ0) is 19.6. The molecule has 0 amide bonds. The average molecular weight is 390 g/mol. The molecule has 0 spiro atoms. The van der Waals surface area contributed by atoms with Gasteiger partial charge in [-0.25, -0.2) is 9.97 Å². The third-order valence-corrected chi connectivity index (χ3v) is 4.79. The van der Waals surface area contributed by atoms with Crippen LogP contribution in [0.15, 0.2) is 53.4 Å². The first-order chi connectivity index (χ1) is 12.8. The van der Waals surface area contributed by atoms with Crippen LogP contribution in [0.4, 0.5) is 13.2 Å². The van der Waals surface area contributed by atoms with Crippen molar-refractivity contribution in [1.82, 2.24) is 14.5 Å². The second kappa shape index (κ2) is 7.32. The number of alkyl halides is 3. The summed E-state index contributed by atoms with van der Waals surface area (Å²) >= 11 is 1.02. The Labute approximate surface area is 156 Å². The number of hydrogen-bond acceptors (Lipinski definition) is 5. The predicted octanol–water partition coefficient (Wildman–Crippen LogP) is 4.57. The second-order valence-corrected chi connectivity index (χ2v) is 6.58. The zero-order valence-electron chi connectivity index (χ0n) is 14.0. The molecule has 0 saturated carbocycles. The maximum atomic E-state index is 12.6. The van der Waals surface area contributed by atoms with Gasteiger partial charge in [-0.1, -0.05) is 23.9 Å². The number of benzene rings is 1. The summed E-state index contributed by atoms with van der Waals surface area (Å²) in [6, 6.07) is 11.4. The van der Waals surface area contributed by atoms with Crippen molar-refractivity contribution < 1.29 is 18.3 Å². The molecular formula is C18H13F3N4OS. The predicted molar refractivity (Wildman–Crippen MR) is 95.8 cm³/mol. The number of nitrogens with zero attached hydrogens (tertiary/aromatic N) is 4. The third kappa shape index (κ3) is 3.90. The monoisotopic (exact) mass is 390 g/mol. The summed E-state index contributed by atoms with van der Waals surface area (Å²) in [7, 11) is 1.74. The number of para-hydroxylation sites is 2. The Morgan fingerprint density at radius 1 is 1.26 bits per heavy atom. The van der Waals surface area contributed by atoms with E-state index in [0.29, 0.717) is 16.4 Å². The van der Waals surface area contributed by atoms with Crippen LogP contribution in [0, 0.1) is 11.3 Å². The molecule has 1 aromatic carbocycles. The Kier molecular flexibility index (Phi) is 5.10. The number of halogens is 3. The number of aliphatic hydroxyl groups excluding tert-OH is 1. The summed E-state index contributed by atoms with van der Waals surface area (Å²) in [4.78, 5) is 8.10. The lowest BCUT2D eigenvalue weighted by atomic mass is 10.2. The number of fused-ring (bicyclic) bond motifs is 1. The number of hydrogen-bond donors (Lipinski definition) is 1. The molecule has 2 aromatic heterocycles. The molecule has 0 aliphatic heterocycles. The van der Waals surface area contributed by atoms with E-state index in [9.17, 15) is 23.5 Å². The van der Waals surface area contributed by atoms with Gasteiger partial charge in [-0.2, -0.15) is 18.4 Å². The molecule has 0 radical (unpaired) electrons. The Morgan fingerprint density at radius 3 is 2.59 bits per heavy atom. The van der Waals surface area contributed by atoms with Crippen LogP contribution in [-0.4, -0.2) is 25.4 Å². The number of pyridine rings is 1. The summed E-state index contributed by atoms with van der Waals surface area (Å²) in [6.07, 6.45) is -3.72. The van der Waals surface area contributed by atoms with Crippen LogP contribution >= 0.6 is 11.8 Å². The van der Waals surface area contributed by atoms with Crippen LogP contribution in [0.25, 0.3) is 16.6 Å². The Morgan fingerprint density at radius 2 is 2.00 bits per heavy atom. The molecule has 2 heterocycles. The van der Waals surface area contributed by atoms with Crippen molar-refractivity contribution in [2.75, 3.05) is 5.75 Å². The molecule has 0 unspecified atom stereocenters. The molecule has 5 nitrogen and oxygen atoms in total. The van der Waals surface area contributed by atoms with E-state index in [0.717, 1.165) is 29.5 Å². The SMILES string of the molecule is Cn1c(C(C#N)=C(O)CSc2ccc(C(F)(F)F)cn2)nc2ccccc21. The van der Waals surface area contributed by atoms with Gasteiger partial charge in [0.25, 0.3) is 0 Å². The van der Waals surface area contributed by atoms with Crippen LogP contribution in [0.5, 0.6) is 0 Å². The van der Waals surface area contributed by atoms with Crippen LogP contribution in [0.1, 0.15) is 11.4 Å². The number of rotatable bonds is 4. The highest BCUT2D eigenvalue weighted by Gasteiger charge is 2.30. The summed E-state index contributed by atoms with van der Waals surface area (Å²) in [5.74, 6) is 0.0737. The van der Waals surface area contributed by atoms with Crippen molar-refractivity contribution in [1.29, 1.82) is 5.26 Å². The molecule has 27 heavy (non-hydrogen) atoms. The lowest BCUT2D eigenvalue weighted by molar-refractivity contribution is -0.137. The van der Waals surface area contributed by atoms with Crippen molar-refractivity contribution in [2.24, 2.45) is 7.05 Å². The molecule has 1 N–H and O–H groups in total. The van der Waals surface area contributed by atoms with Crippen LogP contribution in [0.3, 0.4) is 0 Å². The fourth-order valence-electron chi connectivity index (χ4n) is 2.46. The number of thioether (sulfide) groups is 1. The van der Waals surface area contributed by atoms with E-state index in [1.165, 1.54) is 6.07 Å². The van der Waals surface area contributed by atoms with Crippen LogP contribution in [0.2, 0.25) is 0 Å². The van der Waals surface area contributed by atoms with Gasteiger partial charge in [0.2, 0.25) is 0 Å². The normalized spacial score (nSPS) is 12.7. The quantitative estimate of drug-likeness (QED) is 0.401. The molecule has 9 heteroatoms. The molecule has 138 valence electrons. The second-order valence-electron chi connectivity index (χ2n) is 5.59. The number of imidazole rings is 1. The van der Waals surface area contributed by atoms with E-state index in [1.807, 2.05) is 24.3 Å². The molecule has 3 rings (SSSR count). The molecule has 0 bridgehead atoms. The minimum atomic E-state index is -4.45. The fraction of sp³-hybridized carbons (Fsp3) is 0.167. The van der Waals surface area contributed by atoms with Crippen molar-refractivity contribution >= 4 is 28.4 Å². The van der Waals surface area contributed by atoms with E-state index < -0.39 is 11.7 Å². The smallest absolute Gasteiger partial charge is 0.417 e. The Bertz CT molecular complexity index is 1050. The number of aliphatic hydroxyl groups is 1. The maximum Gasteiger partial charge on any atom is 0.417 e. The van der Waals surface area contributed by atoms with Gasteiger partial charge in [0, 0.05) is 13.2 Å². The van der Waals surface area contributed by atoms with Gasteiger partial charge in [0.05, 0.1) is 27.4 Å². The average Bonchev–Trinajstić information content (AvgIpc) is 2.97. The van der Waals surface area contributed by atoms with E-state index in [4.69, 9.17) is 0 Å². The first-order valence-corrected chi connectivity index (χ1v) is 8.70. The summed E-state index contributed by atoms with van der Waals surface area (Å²) < 4.78 is 39.4. The molecule has 3 aromatic rings. The van der Waals surface area contributed by atoms with Crippen molar-refractivity contribution in [3.05, 3.63) is 59.7 Å². The largest absolute Gasteiger partial charge is 0.510 e. The Hall–Kier alpha value is -2.99. The number of nitriles is 1. The number of aryl methyl sites for hydroxylation is 1. The number of allylic oxidation sites excluding steroid dienone is 1. The minimum absolute atomic E-state index is 0.00751. The maximum absolute atomic E-state index is 12.6. The van der Waals surface area contributed by atoms with Crippen molar-refractivity contribution in [3.63, 3.8) is 0 Å². The summed E-state index contributed by atoms with van der Waals surface area (Å²) in [5, 5.41) is 20.1. The lowest BCUT2D eigenvalue weighted by Gasteiger charge is -2.07. The van der Waals surface area contributed by atoms with Gasteiger partial charge >= 0.3 is 6.18 Å². The lowest BCUT2D eigenvalue weighted by Crippen LogP contribution is -2.05. The van der Waals surface area contributed by atoms with E-state index in [-0.39, 0.29) is 17.1 Å².